The molecule has 19 N–H and O–H groups in total. The van der Waals surface area contributed by atoms with E-state index in [4.69, 9.17) is 129 Å². The van der Waals surface area contributed by atoms with Crippen molar-refractivity contribution in [2.75, 3.05) is 92.5 Å². The van der Waals surface area contributed by atoms with Crippen molar-refractivity contribution in [3.63, 3.8) is 0 Å². The Hall–Kier alpha value is -0.430. The number of ether oxygens (including phenoxy) is 7. The van der Waals surface area contributed by atoms with Crippen LogP contribution in [-0.2, 0) is 55.5 Å². The van der Waals surface area contributed by atoms with Gasteiger partial charge in [-0.15, -0.1) is 0 Å². The Morgan fingerprint density at radius 1 is 0.263 bits per heavy atom. The molecule has 0 rings (SSSR count). The van der Waals surface area contributed by atoms with E-state index in [1.54, 1.807) is 96.9 Å². The van der Waals surface area contributed by atoms with Crippen LogP contribution in [0.4, 0.5) is 0 Å². The van der Waals surface area contributed by atoms with Crippen molar-refractivity contribution < 1.29 is 151 Å². The van der Waals surface area contributed by atoms with Crippen LogP contribution in [0.5, 0.6) is 0 Å². The fraction of sp³-hybridized carbons (Fsp3) is 1.00. The van der Waals surface area contributed by atoms with Crippen LogP contribution in [0.2, 0.25) is 0 Å². The highest BCUT2D eigenvalue weighted by Crippen LogP contribution is 2.64. The summed E-state index contributed by atoms with van der Waals surface area (Å²) in [6.45, 7) is 25.9. The Morgan fingerprint density at radius 3 is 0.434 bits per heavy atom. The molecular weight excluding hydrogens is 1090 g/mol. The number of hydrogen-bond acceptors (Lipinski definition) is 26. The predicted octanol–water partition coefficient (Wildman–Crippen LogP) is -2.34. The van der Waals surface area contributed by atoms with Gasteiger partial charge in [-0.1, -0.05) is 0 Å². The summed E-state index contributed by atoms with van der Waals surface area (Å²) in [4.78, 5) is 40.2. The van der Waals surface area contributed by atoms with E-state index in [1.807, 2.05) is 0 Å². The lowest BCUT2D eigenvalue weighted by molar-refractivity contribution is -0.0177. The molecule has 76 heavy (non-hydrogen) atoms. The molecule has 0 aliphatic heterocycles. The second-order valence-corrected chi connectivity index (χ2v) is 21.0. The molecule has 0 aromatic carbocycles. The first-order valence-corrected chi connectivity index (χ1v) is 28.3. The molecule has 0 amide bonds. The van der Waals surface area contributed by atoms with Crippen LogP contribution in [0.1, 0.15) is 96.9 Å². The lowest BCUT2D eigenvalue weighted by Gasteiger charge is -2.11. The number of rotatable bonds is 32. The molecule has 0 spiro atoms. The highest BCUT2D eigenvalue weighted by atomic mass is 31.3. The molecular formula is C42H103O31P3. The Morgan fingerprint density at radius 2 is 0.368 bits per heavy atom. The zero-order valence-corrected chi connectivity index (χ0v) is 49.4. The standard InChI is InChI=1S/7C6H14O3.H5O10P3/c7*1-5(8)4-9-6(2)3-7;1-11(2,3)9-13(7,8)10-12(4,5)6/h7*5-8H,3-4H2,1-2H3;(H,7,8)(H2,1,2,3)(H2,4,5,6). The Bertz CT molecular complexity index is 1090. The third kappa shape index (κ3) is 106. The zero-order valence-electron chi connectivity index (χ0n) is 46.7. The summed E-state index contributed by atoms with van der Waals surface area (Å²) in [6, 6.07) is 0. The summed E-state index contributed by atoms with van der Waals surface area (Å²) in [7, 11) is -16.2. The van der Waals surface area contributed by atoms with E-state index < -0.39 is 66.2 Å². The fourth-order valence-electron chi connectivity index (χ4n) is 2.78. The molecule has 0 aromatic heterocycles. The molecule has 0 heterocycles. The third-order valence-electron chi connectivity index (χ3n) is 6.57. The van der Waals surface area contributed by atoms with Crippen LogP contribution >= 0.6 is 23.5 Å². The summed E-state index contributed by atoms with van der Waals surface area (Å²) >= 11 is 0. The number of aliphatic hydroxyl groups excluding tert-OH is 14. The van der Waals surface area contributed by atoms with Crippen molar-refractivity contribution >= 4 is 23.5 Å². The van der Waals surface area contributed by atoms with Crippen LogP contribution in [-0.4, -0.2) is 274 Å². The molecule has 14 unspecified atom stereocenters. The summed E-state index contributed by atoms with van der Waals surface area (Å²) < 4.78 is 71.0. The molecule has 34 heteroatoms. The van der Waals surface area contributed by atoms with Gasteiger partial charge in [0.2, 0.25) is 0 Å². The molecule has 0 fully saturated rings. The minimum atomic E-state index is -5.46. The Labute approximate surface area is 449 Å². The lowest BCUT2D eigenvalue weighted by atomic mass is 10.4. The van der Waals surface area contributed by atoms with Crippen molar-refractivity contribution in [1.29, 1.82) is 0 Å². The van der Waals surface area contributed by atoms with Crippen LogP contribution in [0, 0.1) is 0 Å². The highest BCUT2D eigenvalue weighted by molar-refractivity contribution is 7.66. The number of aliphatic hydroxyl groups is 14. The first-order chi connectivity index (χ1) is 34.6. The molecule has 0 aliphatic rings. The topological polar surface area (TPSA) is 519 Å². The van der Waals surface area contributed by atoms with Gasteiger partial charge in [0.05, 0.1) is 178 Å². The van der Waals surface area contributed by atoms with Crippen LogP contribution in [0.3, 0.4) is 0 Å². The highest BCUT2D eigenvalue weighted by Gasteiger charge is 2.38. The van der Waals surface area contributed by atoms with Gasteiger partial charge in [0.15, 0.2) is 0 Å². The molecule has 0 saturated carbocycles. The average Bonchev–Trinajstić information content (AvgIpc) is 3.30. The monoisotopic (exact) mass is 1200 g/mol. The SMILES string of the molecule is CC(O)COC(C)CO.CC(O)COC(C)CO.CC(O)COC(C)CO.CC(O)COC(C)CO.CC(O)COC(C)CO.CC(O)COC(C)CO.CC(O)COC(C)CO.O=P(O)(O)OP(=O)(O)OP(=O)(O)O. The van der Waals surface area contributed by atoms with Gasteiger partial charge >= 0.3 is 23.5 Å². The van der Waals surface area contributed by atoms with Gasteiger partial charge in [0.1, 0.15) is 0 Å². The quantitative estimate of drug-likeness (QED) is 0.0314. The minimum Gasteiger partial charge on any atom is -0.394 e. The minimum absolute atomic E-state index is 0.00667. The maximum Gasteiger partial charge on any atom is 0.490 e. The van der Waals surface area contributed by atoms with Gasteiger partial charge in [-0.2, -0.15) is 8.62 Å². The van der Waals surface area contributed by atoms with Gasteiger partial charge in [0.25, 0.3) is 0 Å². The second-order valence-electron chi connectivity index (χ2n) is 16.8. The van der Waals surface area contributed by atoms with Crippen molar-refractivity contribution in [1.82, 2.24) is 0 Å². The maximum absolute atomic E-state index is 10.4. The van der Waals surface area contributed by atoms with Crippen LogP contribution in [0.15, 0.2) is 0 Å². The second kappa shape index (κ2) is 59.2. The third-order valence-corrected chi connectivity index (χ3v) is 9.93. The number of hydrogen-bond donors (Lipinski definition) is 19. The van der Waals surface area contributed by atoms with Gasteiger partial charge in [-0.25, -0.2) is 13.7 Å². The van der Waals surface area contributed by atoms with Crippen molar-refractivity contribution in [3.05, 3.63) is 0 Å². The van der Waals surface area contributed by atoms with Gasteiger partial charge in [-0.3, -0.25) is 0 Å². The molecule has 0 aliphatic carbocycles. The van der Waals surface area contributed by atoms with Gasteiger partial charge in [-0.05, 0) is 96.9 Å². The zero-order chi connectivity index (χ0) is 61.8. The first kappa shape index (κ1) is 92.0. The maximum atomic E-state index is 10.4. The molecule has 472 valence electrons. The average molecular weight is 1200 g/mol. The normalized spacial score (nSPS) is 16.9. The first-order valence-electron chi connectivity index (χ1n) is 23.8. The van der Waals surface area contributed by atoms with Gasteiger partial charge < -0.3 is 129 Å². The number of phosphoric acid groups is 3. The molecule has 31 nitrogen and oxygen atoms in total. The molecule has 0 radical (unpaired) electrons. The van der Waals surface area contributed by atoms with E-state index >= 15 is 0 Å². The summed E-state index contributed by atoms with van der Waals surface area (Å²) in [5.41, 5.74) is 0. The van der Waals surface area contributed by atoms with E-state index in [0.29, 0.717) is 46.2 Å². The molecule has 0 saturated heterocycles. The lowest BCUT2D eigenvalue weighted by Crippen LogP contribution is -2.19. The van der Waals surface area contributed by atoms with E-state index in [1.165, 1.54) is 0 Å². The van der Waals surface area contributed by atoms with Crippen molar-refractivity contribution in [3.8, 4) is 0 Å². The largest absolute Gasteiger partial charge is 0.490 e. The van der Waals surface area contributed by atoms with E-state index in [-0.39, 0.29) is 89.0 Å². The summed E-state index contributed by atoms with van der Waals surface area (Å²) in [5, 5.41) is 120. The smallest absolute Gasteiger partial charge is 0.394 e. The van der Waals surface area contributed by atoms with Crippen molar-refractivity contribution in [2.24, 2.45) is 0 Å². The van der Waals surface area contributed by atoms with Crippen molar-refractivity contribution in [2.45, 2.75) is 182 Å². The molecule has 0 bridgehead atoms. The Kier molecular flexibility index (Phi) is 71.7. The Balaban J connectivity index is -0.000000116. The summed E-state index contributed by atoms with van der Waals surface area (Å²) in [5.74, 6) is 0. The van der Waals surface area contributed by atoms with Gasteiger partial charge in [0, 0.05) is 0 Å². The fourth-order valence-corrected chi connectivity index (χ4v) is 5.32. The molecule has 14 atom stereocenters. The van der Waals surface area contributed by atoms with E-state index in [2.05, 4.69) is 8.62 Å². The van der Waals surface area contributed by atoms with Crippen LogP contribution < -0.4 is 0 Å². The molecule has 0 aromatic rings. The predicted molar refractivity (Wildman–Crippen MR) is 275 cm³/mol. The van der Waals surface area contributed by atoms with E-state index in [9.17, 15) is 13.7 Å². The van der Waals surface area contributed by atoms with Crippen LogP contribution in [0.25, 0.3) is 0 Å². The summed E-state index contributed by atoms with van der Waals surface area (Å²) in [6.07, 6.45) is -4.29. The van der Waals surface area contributed by atoms with E-state index in [0.717, 1.165) is 0 Å².